The van der Waals surface area contributed by atoms with Crippen molar-refractivity contribution in [1.29, 1.82) is 5.26 Å². The number of esters is 1. The number of rotatable bonds is 3. The molecule has 0 N–H and O–H groups in total. The monoisotopic (exact) mass is 315 g/mol. The van der Waals surface area contributed by atoms with Gasteiger partial charge in [-0.25, -0.2) is 0 Å². The number of hydrogen-bond donors (Lipinski definition) is 0. The lowest BCUT2D eigenvalue weighted by Crippen LogP contribution is -2.05. The van der Waals surface area contributed by atoms with E-state index in [0.29, 0.717) is 5.56 Å². The van der Waals surface area contributed by atoms with Crippen LogP contribution in [0, 0.1) is 11.3 Å². The predicted molar refractivity (Wildman–Crippen MR) is 64.6 cm³/mol. The zero-order valence-corrected chi connectivity index (χ0v) is 10.4. The number of ether oxygens (including phenoxy) is 1. The Morgan fingerprint density at radius 1 is 1.60 bits per heavy atom. The van der Waals surface area contributed by atoms with Crippen molar-refractivity contribution in [2.24, 2.45) is 0 Å². The Kier molecular flexibility index (Phi) is 4.56. The largest absolute Gasteiger partial charge is 0.469 e. The molecule has 0 unspecified atom stereocenters. The van der Waals surface area contributed by atoms with Crippen molar-refractivity contribution >= 4 is 28.6 Å². The van der Waals surface area contributed by atoms with Crippen LogP contribution >= 0.6 is 22.6 Å². The van der Waals surface area contributed by atoms with Gasteiger partial charge in [-0.2, -0.15) is 5.26 Å². The number of nitrogens with zero attached hydrogens (tertiary/aromatic N) is 1. The van der Waals surface area contributed by atoms with Crippen LogP contribution in [0.25, 0.3) is 0 Å². The topological polar surface area (TPSA) is 50.1 Å². The van der Waals surface area contributed by atoms with Crippen LogP contribution in [0.15, 0.2) is 18.2 Å². The quantitative estimate of drug-likeness (QED) is 0.488. The Morgan fingerprint density at radius 3 is 2.87 bits per heavy atom. The average molecular weight is 315 g/mol. The number of benzene rings is 1. The van der Waals surface area contributed by atoms with Crippen LogP contribution in [-0.4, -0.2) is 13.1 Å². The molecule has 0 radical (unpaired) electrons. The number of nitriles is 1. The maximum Gasteiger partial charge on any atom is 0.309 e. The number of hydrogen-bond acceptors (Lipinski definition) is 3. The SMILES string of the molecule is COC(=O)Cc1ccc(C#N)c(CI)c1. The highest BCUT2D eigenvalue weighted by molar-refractivity contribution is 14.1. The van der Waals surface area contributed by atoms with Crippen LogP contribution in [-0.2, 0) is 20.4 Å². The molecule has 3 nitrogen and oxygen atoms in total. The van der Waals surface area contributed by atoms with Crippen molar-refractivity contribution in [3.05, 3.63) is 34.9 Å². The molecule has 0 fully saturated rings. The molecule has 15 heavy (non-hydrogen) atoms. The second-order valence-electron chi connectivity index (χ2n) is 2.99. The number of methoxy groups -OCH3 is 1. The number of carbonyl (C=O) groups is 1. The Balaban J connectivity index is 2.94. The van der Waals surface area contributed by atoms with Gasteiger partial charge >= 0.3 is 5.97 Å². The molecule has 0 bridgehead atoms. The molecule has 0 saturated carbocycles. The number of halogens is 1. The van der Waals surface area contributed by atoms with E-state index in [0.717, 1.165) is 15.6 Å². The fraction of sp³-hybridized carbons (Fsp3) is 0.273. The highest BCUT2D eigenvalue weighted by Crippen LogP contribution is 2.15. The van der Waals surface area contributed by atoms with Gasteiger partial charge in [0.05, 0.1) is 25.2 Å². The van der Waals surface area contributed by atoms with Gasteiger partial charge in [0, 0.05) is 4.43 Å². The fourth-order valence-corrected chi connectivity index (χ4v) is 1.85. The van der Waals surface area contributed by atoms with Crippen molar-refractivity contribution in [1.82, 2.24) is 0 Å². The van der Waals surface area contributed by atoms with Crippen LogP contribution in [0.4, 0.5) is 0 Å². The Hall–Kier alpha value is -1.09. The van der Waals surface area contributed by atoms with Gasteiger partial charge in [-0.1, -0.05) is 34.7 Å². The molecule has 0 heterocycles. The van der Waals surface area contributed by atoms with Gasteiger partial charge in [-0.05, 0) is 17.2 Å². The first kappa shape index (κ1) is 12.0. The highest BCUT2D eigenvalue weighted by Gasteiger charge is 2.06. The van der Waals surface area contributed by atoms with E-state index in [2.05, 4.69) is 33.4 Å². The molecule has 78 valence electrons. The lowest BCUT2D eigenvalue weighted by Gasteiger charge is -2.04. The van der Waals surface area contributed by atoms with Gasteiger partial charge < -0.3 is 4.74 Å². The Labute approximate surface area is 102 Å². The lowest BCUT2D eigenvalue weighted by atomic mass is 10.0. The minimum Gasteiger partial charge on any atom is -0.469 e. The maximum absolute atomic E-state index is 11.0. The van der Waals surface area contributed by atoms with Crippen molar-refractivity contribution in [3.8, 4) is 6.07 Å². The zero-order chi connectivity index (χ0) is 11.3. The minimum atomic E-state index is -0.265. The molecule has 0 atom stereocenters. The van der Waals surface area contributed by atoms with Crippen LogP contribution in [0.1, 0.15) is 16.7 Å². The molecular formula is C11H10INO2. The summed E-state index contributed by atoms with van der Waals surface area (Å²) in [5, 5.41) is 8.82. The molecule has 1 rings (SSSR count). The zero-order valence-electron chi connectivity index (χ0n) is 8.29. The van der Waals surface area contributed by atoms with E-state index < -0.39 is 0 Å². The average Bonchev–Trinajstić information content (AvgIpc) is 2.28. The van der Waals surface area contributed by atoms with Crippen molar-refractivity contribution < 1.29 is 9.53 Å². The molecule has 0 aromatic heterocycles. The molecule has 0 amide bonds. The van der Waals surface area contributed by atoms with Crippen LogP contribution in [0.5, 0.6) is 0 Å². The van der Waals surface area contributed by atoms with E-state index in [1.165, 1.54) is 7.11 Å². The van der Waals surface area contributed by atoms with Crippen molar-refractivity contribution in [2.45, 2.75) is 10.8 Å². The first-order valence-corrected chi connectivity index (χ1v) is 5.88. The Bertz CT molecular complexity index is 410. The van der Waals surface area contributed by atoms with Gasteiger partial charge in [0.15, 0.2) is 0 Å². The summed E-state index contributed by atoms with van der Waals surface area (Å²) in [6.45, 7) is 0. The van der Waals surface area contributed by atoms with Crippen LogP contribution in [0.2, 0.25) is 0 Å². The van der Waals surface area contributed by atoms with E-state index in [1.807, 2.05) is 6.07 Å². The number of carbonyl (C=O) groups excluding carboxylic acids is 1. The molecule has 0 aliphatic carbocycles. The second kappa shape index (κ2) is 5.71. The summed E-state index contributed by atoms with van der Waals surface area (Å²) in [4.78, 5) is 11.0. The van der Waals surface area contributed by atoms with Crippen LogP contribution < -0.4 is 0 Å². The summed E-state index contributed by atoms with van der Waals surface area (Å²) in [5.74, 6) is -0.265. The summed E-state index contributed by atoms with van der Waals surface area (Å²) in [6, 6.07) is 7.52. The van der Waals surface area contributed by atoms with E-state index in [1.54, 1.807) is 12.1 Å². The molecular weight excluding hydrogens is 305 g/mol. The molecule has 1 aromatic carbocycles. The molecule has 0 spiro atoms. The van der Waals surface area contributed by atoms with Gasteiger partial charge in [0.1, 0.15) is 0 Å². The molecule has 0 aliphatic rings. The summed E-state index contributed by atoms with van der Waals surface area (Å²) in [7, 11) is 1.37. The fourth-order valence-electron chi connectivity index (χ4n) is 1.22. The van der Waals surface area contributed by atoms with E-state index in [9.17, 15) is 4.79 Å². The molecule has 4 heteroatoms. The third kappa shape index (κ3) is 3.20. The molecule has 1 aromatic rings. The van der Waals surface area contributed by atoms with Gasteiger partial charge in [-0.15, -0.1) is 0 Å². The van der Waals surface area contributed by atoms with Crippen molar-refractivity contribution in [2.75, 3.05) is 7.11 Å². The van der Waals surface area contributed by atoms with Gasteiger partial charge in [0.2, 0.25) is 0 Å². The summed E-state index contributed by atoms with van der Waals surface area (Å²) < 4.78 is 5.34. The summed E-state index contributed by atoms with van der Waals surface area (Å²) >= 11 is 2.19. The van der Waals surface area contributed by atoms with Crippen molar-refractivity contribution in [3.63, 3.8) is 0 Å². The molecule has 0 saturated heterocycles. The summed E-state index contributed by atoms with van der Waals surface area (Å²) in [5.41, 5.74) is 2.50. The van der Waals surface area contributed by atoms with E-state index >= 15 is 0 Å². The maximum atomic E-state index is 11.0. The smallest absolute Gasteiger partial charge is 0.309 e. The number of alkyl halides is 1. The van der Waals surface area contributed by atoms with Gasteiger partial charge in [-0.3, -0.25) is 4.79 Å². The minimum absolute atomic E-state index is 0.256. The third-order valence-electron chi connectivity index (χ3n) is 2.01. The van der Waals surface area contributed by atoms with E-state index in [4.69, 9.17) is 5.26 Å². The normalized spacial score (nSPS) is 9.40. The first-order chi connectivity index (χ1) is 7.21. The summed E-state index contributed by atoms with van der Waals surface area (Å²) in [6.07, 6.45) is 0.256. The molecule has 0 aliphatic heterocycles. The Morgan fingerprint density at radius 2 is 2.33 bits per heavy atom. The van der Waals surface area contributed by atoms with Gasteiger partial charge in [0.25, 0.3) is 0 Å². The highest BCUT2D eigenvalue weighted by atomic mass is 127. The lowest BCUT2D eigenvalue weighted by molar-refractivity contribution is -0.139. The standard InChI is InChI=1S/C11H10INO2/c1-15-11(14)5-8-2-3-9(7-13)10(4-8)6-12/h2-4H,5-6H2,1H3. The van der Waals surface area contributed by atoms with Crippen LogP contribution in [0.3, 0.4) is 0 Å². The predicted octanol–water partition coefficient (Wildman–Crippen LogP) is 2.21. The third-order valence-corrected chi connectivity index (χ3v) is 2.83. The first-order valence-electron chi connectivity index (χ1n) is 4.36. The van der Waals surface area contributed by atoms with E-state index in [-0.39, 0.29) is 12.4 Å². The second-order valence-corrected chi connectivity index (χ2v) is 3.75.